The van der Waals surface area contributed by atoms with Crippen LogP contribution in [0.5, 0.6) is 0 Å². The van der Waals surface area contributed by atoms with Gasteiger partial charge >= 0.3 is 0 Å². The second kappa shape index (κ2) is 4.62. The van der Waals surface area contributed by atoms with Crippen molar-refractivity contribution in [2.75, 3.05) is 18.0 Å². The maximum atomic E-state index is 5.83. The highest BCUT2D eigenvalue weighted by molar-refractivity contribution is 5.96. The summed E-state index contributed by atoms with van der Waals surface area (Å²) in [4.78, 5) is 2.51. The number of benzene rings is 2. The fraction of sp³-hybridized carbons (Fsp3) is 0.375. The molecule has 1 aliphatic rings. The highest BCUT2D eigenvalue weighted by Gasteiger charge is 2.20. The molecule has 1 unspecified atom stereocenters. The minimum absolute atomic E-state index is 0.608. The number of anilines is 1. The Morgan fingerprint density at radius 2 is 1.94 bits per heavy atom. The molecule has 1 fully saturated rings. The lowest BCUT2D eigenvalue weighted by Gasteiger charge is -2.21. The monoisotopic (exact) mass is 240 g/mol. The molecular weight excluding hydrogens is 220 g/mol. The highest BCUT2D eigenvalue weighted by Crippen LogP contribution is 2.32. The van der Waals surface area contributed by atoms with Gasteiger partial charge in [-0.3, -0.25) is 0 Å². The Hall–Kier alpha value is -1.54. The zero-order valence-electron chi connectivity index (χ0n) is 10.9. The molecule has 1 heterocycles. The Morgan fingerprint density at radius 3 is 2.61 bits per heavy atom. The maximum absolute atomic E-state index is 5.83. The fourth-order valence-corrected chi connectivity index (χ4v) is 2.95. The van der Waals surface area contributed by atoms with Crippen LogP contribution in [0.1, 0.15) is 18.9 Å². The van der Waals surface area contributed by atoms with Crippen LogP contribution < -0.4 is 10.6 Å². The Bertz CT molecular complexity index is 562. The molecule has 1 saturated heterocycles. The van der Waals surface area contributed by atoms with Gasteiger partial charge in [0.2, 0.25) is 0 Å². The molecule has 0 radical (unpaired) electrons. The molecular formula is C16H20N2. The molecule has 2 heteroatoms. The summed E-state index contributed by atoms with van der Waals surface area (Å²) in [5.74, 6) is 0.804. The average molecular weight is 240 g/mol. The van der Waals surface area contributed by atoms with E-state index in [0.717, 1.165) is 5.92 Å². The van der Waals surface area contributed by atoms with Crippen molar-refractivity contribution in [3.8, 4) is 0 Å². The molecule has 0 saturated carbocycles. The van der Waals surface area contributed by atoms with Crippen molar-refractivity contribution in [2.24, 2.45) is 11.7 Å². The summed E-state index contributed by atoms with van der Waals surface area (Å²) >= 11 is 0. The summed E-state index contributed by atoms with van der Waals surface area (Å²) in [5.41, 5.74) is 8.43. The minimum atomic E-state index is 0.608. The first-order valence-corrected chi connectivity index (χ1v) is 6.75. The van der Waals surface area contributed by atoms with E-state index in [-0.39, 0.29) is 0 Å². The SMILES string of the molecule is CC1CCN(c2ccc(CN)c3ccccc23)C1. The second-order valence-corrected chi connectivity index (χ2v) is 5.33. The van der Waals surface area contributed by atoms with E-state index in [9.17, 15) is 0 Å². The first-order valence-electron chi connectivity index (χ1n) is 6.75. The van der Waals surface area contributed by atoms with Crippen LogP contribution in [0.2, 0.25) is 0 Å². The summed E-state index contributed by atoms with van der Waals surface area (Å²) < 4.78 is 0. The zero-order chi connectivity index (χ0) is 12.5. The van der Waals surface area contributed by atoms with E-state index in [1.165, 1.54) is 41.5 Å². The van der Waals surface area contributed by atoms with Crippen molar-refractivity contribution in [1.29, 1.82) is 0 Å². The third kappa shape index (κ3) is 1.87. The molecule has 0 aliphatic carbocycles. The van der Waals surface area contributed by atoms with Gasteiger partial charge in [-0.25, -0.2) is 0 Å². The van der Waals surface area contributed by atoms with Gasteiger partial charge in [0.15, 0.2) is 0 Å². The van der Waals surface area contributed by atoms with Crippen LogP contribution in [-0.2, 0) is 6.54 Å². The van der Waals surface area contributed by atoms with E-state index in [0.29, 0.717) is 6.54 Å². The van der Waals surface area contributed by atoms with Gasteiger partial charge in [0, 0.05) is 30.7 Å². The fourth-order valence-electron chi connectivity index (χ4n) is 2.95. The Labute approximate surface area is 108 Å². The Morgan fingerprint density at radius 1 is 1.17 bits per heavy atom. The smallest absolute Gasteiger partial charge is 0.0446 e. The van der Waals surface area contributed by atoms with Crippen molar-refractivity contribution in [2.45, 2.75) is 19.9 Å². The van der Waals surface area contributed by atoms with Gasteiger partial charge in [-0.2, -0.15) is 0 Å². The van der Waals surface area contributed by atoms with E-state index >= 15 is 0 Å². The second-order valence-electron chi connectivity index (χ2n) is 5.33. The summed E-state index contributed by atoms with van der Waals surface area (Å²) in [6.07, 6.45) is 1.30. The molecule has 1 atom stereocenters. The summed E-state index contributed by atoms with van der Waals surface area (Å²) in [6, 6.07) is 13.0. The first kappa shape index (κ1) is 11.5. The topological polar surface area (TPSA) is 29.3 Å². The van der Waals surface area contributed by atoms with Gasteiger partial charge in [0.25, 0.3) is 0 Å². The van der Waals surface area contributed by atoms with Crippen molar-refractivity contribution >= 4 is 16.5 Å². The minimum Gasteiger partial charge on any atom is -0.371 e. The summed E-state index contributed by atoms with van der Waals surface area (Å²) in [7, 11) is 0. The van der Waals surface area contributed by atoms with Crippen molar-refractivity contribution in [3.63, 3.8) is 0 Å². The number of hydrogen-bond donors (Lipinski definition) is 1. The largest absolute Gasteiger partial charge is 0.371 e. The number of hydrogen-bond acceptors (Lipinski definition) is 2. The van der Waals surface area contributed by atoms with Gasteiger partial charge < -0.3 is 10.6 Å². The van der Waals surface area contributed by atoms with E-state index < -0.39 is 0 Å². The van der Waals surface area contributed by atoms with Gasteiger partial charge in [-0.15, -0.1) is 0 Å². The Kier molecular flexibility index (Phi) is 2.96. The molecule has 0 amide bonds. The molecule has 2 nitrogen and oxygen atoms in total. The Balaban J connectivity index is 2.13. The third-order valence-electron chi connectivity index (χ3n) is 3.98. The predicted octanol–water partition coefficient (Wildman–Crippen LogP) is 3.14. The molecule has 0 aromatic heterocycles. The highest BCUT2D eigenvalue weighted by atomic mass is 15.1. The molecule has 0 spiro atoms. The van der Waals surface area contributed by atoms with Crippen molar-refractivity contribution < 1.29 is 0 Å². The maximum Gasteiger partial charge on any atom is 0.0446 e. The molecule has 2 aromatic carbocycles. The van der Waals surface area contributed by atoms with Gasteiger partial charge in [-0.05, 0) is 29.4 Å². The third-order valence-corrected chi connectivity index (χ3v) is 3.98. The lowest BCUT2D eigenvalue weighted by Crippen LogP contribution is -2.19. The molecule has 94 valence electrons. The molecule has 3 rings (SSSR count). The van der Waals surface area contributed by atoms with Crippen LogP contribution in [0.25, 0.3) is 10.8 Å². The number of nitrogens with two attached hydrogens (primary N) is 1. The van der Waals surface area contributed by atoms with E-state index in [4.69, 9.17) is 5.73 Å². The molecule has 2 aromatic rings. The zero-order valence-corrected chi connectivity index (χ0v) is 10.9. The van der Waals surface area contributed by atoms with Crippen LogP contribution >= 0.6 is 0 Å². The van der Waals surface area contributed by atoms with Crippen molar-refractivity contribution in [1.82, 2.24) is 0 Å². The van der Waals surface area contributed by atoms with Crippen LogP contribution in [0, 0.1) is 5.92 Å². The standard InChI is InChI=1S/C16H20N2/c1-12-8-9-18(11-12)16-7-6-13(10-17)14-4-2-3-5-15(14)16/h2-7,12H,8-11,17H2,1H3. The molecule has 18 heavy (non-hydrogen) atoms. The van der Waals surface area contributed by atoms with Gasteiger partial charge in [-0.1, -0.05) is 37.3 Å². The van der Waals surface area contributed by atoms with Crippen molar-refractivity contribution in [3.05, 3.63) is 42.0 Å². The molecule has 0 bridgehead atoms. The van der Waals surface area contributed by atoms with Gasteiger partial charge in [0.05, 0.1) is 0 Å². The average Bonchev–Trinajstić information content (AvgIpc) is 2.84. The predicted molar refractivity (Wildman–Crippen MR) is 77.8 cm³/mol. The van der Waals surface area contributed by atoms with E-state index in [2.05, 4.69) is 48.2 Å². The summed E-state index contributed by atoms with van der Waals surface area (Å²) in [5, 5.41) is 2.65. The lowest BCUT2D eigenvalue weighted by atomic mass is 10.0. The lowest BCUT2D eigenvalue weighted by molar-refractivity contribution is 0.659. The number of nitrogens with zero attached hydrogens (tertiary/aromatic N) is 1. The van der Waals surface area contributed by atoms with Crippen LogP contribution in [0.3, 0.4) is 0 Å². The van der Waals surface area contributed by atoms with Gasteiger partial charge in [0.1, 0.15) is 0 Å². The quantitative estimate of drug-likeness (QED) is 0.873. The molecule has 2 N–H and O–H groups in total. The molecule has 1 aliphatic heterocycles. The van der Waals surface area contributed by atoms with E-state index in [1.807, 2.05) is 0 Å². The number of rotatable bonds is 2. The van der Waals surface area contributed by atoms with Crippen LogP contribution in [0.4, 0.5) is 5.69 Å². The first-order chi connectivity index (χ1) is 8.79. The normalized spacial score (nSPS) is 19.7. The van der Waals surface area contributed by atoms with Crippen LogP contribution in [-0.4, -0.2) is 13.1 Å². The summed E-state index contributed by atoms with van der Waals surface area (Å²) in [6.45, 7) is 5.28. The van der Waals surface area contributed by atoms with E-state index in [1.54, 1.807) is 0 Å². The number of fused-ring (bicyclic) bond motifs is 1. The van der Waals surface area contributed by atoms with Crippen LogP contribution in [0.15, 0.2) is 36.4 Å².